The zero-order valence-electron chi connectivity index (χ0n) is 14.1. The van der Waals surface area contributed by atoms with E-state index < -0.39 is 10.8 Å². The zero-order valence-corrected chi connectivity index (χ0v) is 14.9. The van der Waals surface area contributed by atoms with Crippen LogP contribution < -0.4 is 15.4 Å². The predicted octanol–water partition coefficient (Wildman–Crippen LogP) is 3.91. The highest BCUT2D eigenvalue weighted by Gasteiger charge is 2.19. The number of unbranched alkanes of at least 4 members (excludes halogenated alkanes) is 1. The number of nitrogens with one attached hydrogen (secondary N) is 2. The molecule has 0 atom stereocenters. The summed E-state index contributed by atoms with van der Waals surface area (Å²) in [6, 6.07) is 5.26. The summed E-state index contributed by atoms with van der Waals surface area (Å²) >= 11 is 0.806. The fraction of sp³-hybridized carbons (Fsp3) is 0.375. The van der Waals surface area contributed by atoms with Crippen molar-refractivity contribution in [2.75, 3.05) is 23.8 Å². The van der Waals surface area contributed by atoms with Gasteiger partial charge in [0.05, 0.1) is 22.8 Å². The third kappa shape index (κ3) is 4.90. The fourth-order valence-electron chi connectivity index (χ4n) is 2.13. The Balaban J connectivity index is 2.21. The maximum Gasteiger partial charge on any atom is 0.345 e. The van der Waals surface area contributed by atoms with Crippen LogP contribution >= 0.6 is 11.3 Å². The number of nitro groups is 1. The molecule has 134 valence electrons. The summed E-state index contributed by atoms with van der Waals surface area (Å²) in [5.41, 5.74) is 1.09. The Bertz CT molecular complexity index is 747. The number of aromatic nitrogens is 1. The zero-order chi connectivity index (χ0) is 18.2. The Morgan fingerprint density at radius 1 is 1.40 bits per heavy atom. The Labute approximate surface area is 149 Å². The Morgan fingerprint density at radius 2 is 2.20 bits per heavy atom. The molecule has 8 nitrogen and oxygen atoms in total. The Morgan fingerprint density at radius 3 is 2.84 bits per heavy atom. The average Bonchev–Trinajstić information content (AvgIpc) is 3.05. The number of hydrogen-bond acceptors (Lipinski definition) is 7. The van der Waals surface area contributed by atoms with Crippen LogP contribution in [0.1, 0.15) is 37.0 Å². The van der Waals surface area contributed by atoms with Gasteiger partial charge in [-0.15, -0.1) is 0 Å². The van der Waals surface area contributed by atoms with Crippen LogP contribution in [-0.4, -0.2) is 29.0 Å². The van der Waals surface area contributed by atoms with Crippen molar-refractivity contribution >= 4 is 33.1 Å². The number of hydrogen-bond donors (Lipinski definition) is 2. The monoisotopic (exact) mass is 364 g/mol. The number of carbonyl (C=O) groups excluding carboxylic acids is 1. The van der Waals surface area contributed by atoms with Crippen LogP contribution in [0.25, 0.3) is 0 Å². The molecule has 0 saturated carbocycles. The quantitative estimate of drug-likeness (QED) is 0.397. The topological polar surface area (TPSA) is 106 Å². The third-order valence-electron chi connectivity index (χ3n) is 3.29. The first-order chi connectivity index (χ1) is 12.1. The van der Waals surface area contributed by atoms with Crippen molar-refractivity contribution in [3.8, 4) is 5.75 Å². The maximum atomic E-state index is 12.5. The number of nitrogens with zero attached hydrogens (tertiary/aromatic N) is 2. The van der Waals surface area contributed by atoms with Crippen molar-refractivity contribution in [3.05, 3.63) is 40.1 Å². The lowest BCUT2D eigenvalue weighted by Crippen LogP contribution is -2.15. The van der Waals surface area contributed by atoms with Gasteiger partial charge in [-0.05, 0) is 36.8 Å². The molecule has 0 bridgehead atoms. The lowest BCUT2D eigenvalue weighted by molar-refractivity contribution is -0.380. The number of benzene rings is 1. The van der Waals surface area contributed by atoms with Crippen LogP contribution in [0.15, 0.2) is 24.4 Å². The van der Waals surface area contributed by atoms with E-state index in [1.807, 2.05) is 13.0 Å². The number of thiazole rings is 1. The van der Waals surface area contributed by atoms with Crippen molar-refractivity contribution < 1.29 is 14.5 Å². The van der Waals surface area contributed by atoms with E-state index in [0.717, 1.165) is 42.6 Å². The number of carbonyl (C=O) groups is 1. The van der Waals surface area contributed by atoms with Crippen molar-refractivity contribution in [1.29, 1.82) is 0 Å². The highest BCUT2D eigenvalue weighted by Crippen LogP contribution is 2.31. The highest BCUT2D eigenvalue weighted by atomic mass is 32.1. The SMILES string of the molecule is CCCCNc1cccc(C(=O)Nc2ncc([N+](=O)[O-])s2)c1OCC. The summed E-state index contributed by atoms with van der Waals surface area (Å²) in [6.07, 6.45) is 3.18. The first-order valence-corrected chi connectivity index (χ1v) is 8.79. The first kappa shape index (κ1) is 18.7. The second-order valence-electron chi connectivity index (χ2n) is 5.11. The smallest absolute Gasteiger partial charge is 0.345 e. The molecule has 0 aliphatic heterocycles. The van der Waals surface area contributed by atoms with Gasteiger partial charge in [0, 0.05) is 6.54 Å². The molecule has 2 aromatic rings. The predicted molar refractivity (Wildman–Crippen MR) is 97.7 cm³/mol. The molecule has 0 aliphatic rings. The van der Waals surface area contributed by atoms with Gasteiger partial charge in [-0.1, -0.05) is 19.4 Å². The molecular formula is C16H20N4O4S. The van der Waals surface area contributed by atoms with Crippen LogP contribution in [0.3, 0.4) is 0 Å². The molecule has 2 N–H and O–H groups in total. The molecule has 0 unspecified atom stereocenters. The summed E-state index contributed by atoms with van der Waals surface area (Å²) in [6.45, 7) is 5.13. The second-order valence-corrected chi connectivity index (χ2v) is 6.12. The van der Waals surface area contributed by atoms with Crippen molar-refractivity contribution in [2.45, 2.75) is 26.7 Å². The molecule has 0 aliphatic carbocycles. The molecular weight excluding hydrogens is 344 g/mol. The van der Waals surface area contributed by atoms with E-state index >= 15 is 0 Å². The van der Waals surface area contributed by atoms with E-state index in [-0.39, 0.29) is 10.1 Å². The molecule has 0 fully saturated rings. The summed E-state index contributed by atoms with van der Waals surface area (Å²) in [4.78, 5) is 26.6. The number of para-hydroxylation sites is 1. The van der Waals surface area contributed by atoms with Crippen molar-refractivity contribution in [2.24, 2.45) is 0 Å². The maximum absolute atomic E-state index is 12.5. The number of ether oxygens (including phenoxy) is 1. The van der Waals surface area contributed by atoms with Gasteiger partial charge in [-0.2, -0.15) is 0 Å². The average molecular weight is 364 g/mol. The van der Waals surface area contributed by atoms with Gasteiger partial charge in [-0.3, -0.25) is 20.2 Å². The van der Waals surface area contributed by atoms with Crippen molar-refractivity contribution in [1.82, 2.24) is 4.98 Å². The van der Waals surface area contributed by atoms with E-state index in [0.29, 0.717) is 17.9 Å². The molecule has 1 heterocycles. The Hall–Kier alpha value is -2.68. The van der Waals surface area contributed by atoms with Crippen LogP contribution in [0, 0.1) is 10.1 Å². The Kier molecular flexibility index (Phi) is 6.70. The molecule has 9 heteroatoms. The van der Waals surface area contributed by atoms with Gasteiger partial charge in [0.2, 0.25) is 0 Å². The molecule has 1 aromatic carbocycles. The molecule has 25 heavy (non-hydrogen) atoms. The van der Waals surface area contributed by atoms with Gasteiger partial charge in [0.15, 0.2) is 10.9 Å². The molecule has 0 spiro atoms. The lowest BCUT2D eigenvalue weighted by Gasteiger charge is -2.15. The number of rotatable bonds is 9. The summed E-state index contributed by atoms with van der Waals surface area (Å²) in [5, 5.41) is 16.6. The van der Waals surface area contributed by atoms with E-state index in [2.05, 4.69) is 22.5 Å². The van der Waals surface area contributed by atoms with Crippen LogP contribution in [0.5, 0.6) is 5.75 Å². The molecule has 2 rings (SSSR count). The minimum absolute atomic E-state index is 0.129. The summed E-state index contributed by atoms with van der Waals surface area (Å²) in [7, 11) is 0. The second kappa shape index (κ2) is 8.97. The molecule has 0 radical (unpaired) electrons. The lowest BCUT2D eigenvalue weighted by atomic mass is 10.1. The number of amides is 1. The highest BCUT2D eigenvalue weighted by molar-refractivity contribution is 7.18. The molecule has 0 saturated heterocycles. The largest absolute Gasteiger partial charge is 0.491 e. The van der Waals surface area contributed by atoms with Gasteiger partial charge >= 0.3 is 5.00 Å². The molecule has 1 aromatic heterocycles. The van der Waals surface area contributed by atoms with E-state index in [1.165, 1.54) is 0 Å². The minimum Gasteiger partial charge on any atom is -0.491 e. The van der Waals surface area contributed by atoms with Gasteiger partial charge in [0.1, 0.15) is 6.20 Å². The summed E-state index contributed by atoms with van der Waals surface area (Å²) in [5.74, 6) is 0.0384. The minimum atomic E-state index is -0.544. The third-order valence-corrected chi connectivity index (χ3v) is 4.15. The standard InChI is InChI=1S/C16H20N4O4S/c1-3-5-9-17-12-8-6-7-11(14(12)24-4-2)15(21)19-16-18-10-13(25-16)20(22)23/h6-8,10,17H,3-5,9H2,1-2H3,(H,18,19,21). The first-order valence-electron chi connectivity index (χ1n) is 7.98. The van der Waals surface area contributed by atoms with Gasteiger partial charge in [-0.25, -0.2) is 4.98 Å². The fourth-order valence-corrected chi connectivity index (χ4v) is 2.75. The van der Waals surface area contributed by atoms with E-state index in [1.54, 1.807) is 12.1 Å². The van der Waals surface area contributed by atoms with E-state index in [9.17, 15) is 14.9 Å². The normalized spacial score (nSPS) is 10.3. The number of anilines is 2. The van der Waals surface area contributed by atoms with Crippen LogP contribution in [-0.2, 0) is 0 Å². The van der Waals surface area contributed by atoms with Crippen LogP contribution in [0.2, 0.25) is 0 Å². The van der Waals surface area contributed by atoms with Crippen molar-refractivity contribution in [3.63, 3.8) is 0 Å². The van der Waals surface area contributed by atoms with E-state index in [4.69, 9.17) is 4.74 Å². The van der Waals surface area contributed by atoms with Gasteiger partial charge < -0.3 is 10.1 Å². The summed E-state index contributed by atoms with van der Waals surface area (Å²) < 4.78 is 5.65. The molecule has 1 amide bonds. The van der Waals surface area contributed by atoms with Crippen LogP contribution in [0.4, 0.5) is 15.8 Å². The van der Waals surface area contributed by atoms with Gasteiger partial charge in [0.25, 0.3) is 5.91 Å².